The average Bonchev–Trinajstić information content (AvgIpc) is 2.48. The molecule has 0 saturated carbocycles. The Bertz CT molecular complexity index is 771. The summed E-state index contributed by atoms with van der Waals surface area (Å²) in [5.74, 6) is -0.794. The predicted octanol–water partition coefficient (Wildman–Crippen LogP) is 2.09. The van der Waals surface area contributed by atoms with E-state index in [2.05, 4.69) is 15.3 Å². The fraction of sp³-hybridized carbons (Fsp3) is 0.0714. The molecule has 7 heteroatoms. The van der Waals surface area contributed by atoms with E-state index in [0.717, 1.165) is 0 Å². The SMILES string of the molecule is CNC(=O)c1cnc(/C=C\c2ccc(Cl)c(F)c2)[nH]c1=O. The zero-order valence-corrected chi connectivity index (χ0v) is 11.7. The fourth-order valence-corrected chi connectivity index (χ4v) is 1.70. The van der Waals surface area contributed by atoms with Crippen molar-refractivity contribution < 1.29 is 9.18 Å². The van der Waals surface area contributed by atoms with Gasteiger partial charge in [0.25, 0.3) is 11.5 Å². The van der Waals surface area contributed by atoms with Crippen molar-refractivity contribution >= 4 is 29.7 Å². The van der Waals surface area contributed by atoms with Crippen LogP contribution in [-0.2, 0) is 0 Å². The molecule has 2 N–H and O–H groups in total. The highest BCUT2D eigenvalue weighted by atomic mass is 35.5. The first kappa shape index (κ1) is 14.9. The Morgan fingerprint density at radius 1 is 1.43 bits per heavy atom. The molecule has 1 aromatic carbocycles. The van der Waals surface area contributed by atoms with E-state index in [9.17, 15) is 14.0 Å². The largest absolute Gasteiger partial charge is 0.355 e. The van der Waals surface area contributed by atoms with Gasteiger partial charge >= 0.3 is 0 Å². The van der Waals surface area contributed by atoms with Gasteiger partial charge < -0.3 is 10.3 Å². The minimum absolute atomic E-state index is 0.0358. The Balaban J connectivity index is 2.25. The normalized spacial score (nSPS) is 10.8. The topological polar surface area (TPSA) is 74.8 Å². The number of amides is 1. The highest BCUT2D eigenvalue weighted by Crippen LogP contribution is 2.16. The van der Waals surface area contributed by atoms with Gasteiger partial charge in [0.2, 0.25) is 0 Å². The van der Waals surface area contributed by atoms with Gasteiger partial charge in [0.1, 0.15) is 17.2 Å². The van der Waals surface area contributed by atoms with E-state index in [0.29, 0.717) is 5.56 Å². The Labute approximate surface area is 124 Å². The van der Waals surface area contributed by atoms with Crippen molar-refractivity contribution in [2.24, 2.45) is 0 Å². The number of rotatable bonds is 3. The van der Waals surface area contributed by atoms with E-state index in [4.69, 9.17) is 11.6 Å². The molecule has 0 saturated heterocycles. The average molecular weight is 308 g/mol. The summed E-state index contributed by atoms with van der Waals surface area (Å²) in [6.07, 6.45) is 4.24. The van der Waals surface area contributed by atoms with E-state index >= 15 is 0 Å². The summed E-state index contributed by atoms with van der Waals surface area (Å²) in [5.41, 5.74) is -0.0617. The molecular weight excluding hydrogens is 297 g/mol. The molecule has 2 rings (SSSR count). The monoisotopic (exact) mass is 307 g/mol. The van der Waals surface area contributed by atoms with Crippen molar-refractivity contribution in [2.75, 3.05) is 7.05 Å². The Hall–Kier alpha value is -2.47. The number of benzene rings is 1. The van der Waals surface area contributed by atoms with Gasteiger partial charge in [0, 0.05) is 13.2 Å². The number of aromatic amines is 1. The van der Waals surface area contributed by atoms with Crippen molar-refractivity contribution in [1.82, 2.24) is 15.3 Å². The molecule has 0 fully saturated rings. The van der Waals surface area contributed by atoms with Crippen molar-refractivity contribution in [1.29, 1.82) is 0 Å². The molecule has 1 heterocycles. The Kier molecular flexibility index (Phi) is 4.49. The van der Waals surface area contributed by atoms with Crippen LogP contribution >= 0.6 is 11.6 Å². The number of nitrogens with one attached hydrogen (secondary N) is 2. The highest BCUT2D eigenvalue weighted by Gasteiger charge is 2.08. The first-order valence-electron chi connectivity index (χ1n) is 5.96. The Morgan fingerprint density at radius 3 is 2.81 bits per heavy atom. The molecule has 0 spiro atoms. The summed E-state index contributed by atoms with van der Waals surface area (Å²) >= 11 is 5.58. The smallest absolute Gasteiger partial charge is 0.263 e. The van der Waals surface area contributed by atoms with Gasteiger partial charge in [-0.15, -0.1) is 0 Å². The number of halogens is 2. The van der Waals surface area contributed by atoms with Crippen LogP contribution in [0.25, 0.3) is 12.2 Å². The standard InChI is InChI=1S/C14H11ClFN3O2/c1-17-13(20)9-7-18-12(19-14(9)21)5-3-8-2-4-10(15)11(16)6-8/h2-7H,1H3,(H,17,20)(H,18,19,21)/b5-3-. The lowest BCUT2D eigenvalue weighted by Crippen LogP contribution is -2.27. The predicted molar refractivity (Wildman–Crippen MR) is 78.6 cm³/mol. The van der Waals surface area contributed by atoms with E-state index in [1.165, 1.54) is 31.5 Å². The second kappa shape index (κ2) is 6.32. The first-order valence-corrected chi connectivity index (χ1v) is 6.33. The molecule has 1 amide bonds. The van der Waals surface area contributed by atoms with Crippen molar-refractivity contribution in [2.45, 2.75) is 0 Å². The van der Waals surface area contributed by atoms with Crippen LogP contribution < -0.4 is 10.9 Å². The summed E-state index contributed by atoms with van der Waals surface area (Å²) in [5, 5.41) is 2.38. The maximum Gasteiger partial charge on any atom is 0.263 e. The fourth-order valence-electron chi connectivity index (χ4n) is 1.58. The highest BCUT2D eigenvalue weighted by molar-refractivity contribution is 6.30. The molecule has 0 aliphatic rings. The van der Waals surface area contributed by atoms with Gasteiger partial charge in [0.05, 0.1) is 5.02 Å². The number of aromatic nitrogens is 2. The minimum Gasteiger partial charge on any atom is -0.355 e. The van der Waals surface area contributed by atoms with E-state index in [1.54, 1.807) is 12.1 Å². The van der Waals surface area contributed by atoms with Crippen molar-refractivity contribution in [3.05, 3.63) is 62.5 Å². The van der Waals surface area contributed by atoms with Gasteiger partial charge in [0.15, 0.2) is 0 Å². The summed E-state index contributed by atoms with van der Waals surface area (Å²) in [6, 6.07) is 4.32. The van der Waals surface area contributed by atoms with Crippen LogP contribution in [0, 0.1) is 5.82 Å². The quantitative estimate of drug-likeness (QED) is 0.912. The van der Waals surface area contributed by atoms with E-state index in [-0.39, 0.29) is 16.4 Å². The van der Waals surface area contributed by atoms with Crippen molar-refractivity contribution in [3.63, 3.8) is 0 Å². The lowest BCUT2D eigenvalue weighted by Gasteiger charge is -1.99. The second-order valence-electron chi connectivity index (χ2n) is 4.10. The molecule has 5 nitrogen and oxygen atoms in total. The third-order valence-electron chi connectivity index (χ3n) is 2.67. The molecule has 0 radical (unpaired) electrons. The number of hydrogen-bond donors (Lipinski definition) is 2. The molecule has 0 bridgehead atoms. The third-order valence-corrected chi connectivity index (χ3v) is 2.97. The molecule has 0 atom stereocenters. The van der Waals surface area contributed by atoms with Crippen molar-refractivity contribution in [3.8, 4) is 0 Å². The van der Waals surface area contributed by atoms with E-state index in [1.807, 2.05) is 0 Å². The molecule has 108 valence electrons. The molecule has 21 heavy (non-hydrogen) atoms. The number of carbonyl (C=O) groups excluding carboxylic acids is 1. The molecule has 0 aliphatic carbocycles. The molecule has 1 aromatic heterocycles. The molecule has 0 unspecified atom stereocenters. The first-order chi connectivity index (χ1) is 10.0. The van der Waals surface area contributed by atoms with Crippen LogP contribution in [0.2, 0.25) is 5.02 Å². The summed E-state index contributed by atoms with van der Waals surface area (Å²) in [4.78, 5) is 29.4. The zero-order valence-electron chi connectivity index (χ0n) is 11.0. The lowest BCUT2D eigenvalue weighted by molar-refractivity contribution is 0.0961. The van der Waals surface area contributed by atoms with Gasteiger partial charge in [-0.2, -0.15) is 0 Å². The second-order valence-corrected chi connectivity index (χ2v) is 4.50. The van der Waals surface area contributed by atoms with Gasteiger partial charge in [-0.05, 0) is 23.8 Å². The number of H-pyrrole nitrogens is 1. The van der Waals surface area contributed by atoms with Gasteiger partial charge in [-0.3, -0.25) is 9.59 Å². The molecule has 0 aliphatic heterocycles. The summed E-state index contributed by atoms with van der Waals surface area (Å²) in [7, 11) is 1.42. The zero-order chi connectivity index (χ0) is 15.4. The lowest BCUT2D eigenvalue weighted by atomic mass is 10.2. The maximum atomic E-state index is 13.3. The van der Waals surface area contributed by atoms with Crippen LogP contribution in [0.5, 0.6) is 0 Å². The summed E-state index contributed by atoms with van der Waals surface area (Å²) < 4.78 is 13.3. The number of nitrogens with zero attached hydrogens (tertiary/aromatic N) is 1. The van der Waals surface area contributed by atoms with E-state index < -0.39 is 17.3 Å². The molecule has 2 aromatic rings. The van der Waals surface area contributed by atoms with Gasteiger partial charge in [-0.25, -0.2) is 9.37 Å². The van der Waals surface area contributed by atoms with Crippen LogP contribution in [0.4, 0.5) is 4.39 Å². The van der Waals surface area contributed by atoms with Crippen LogP contribution in [0.3, 0.4) is 0 Å². The number of hydrogen-bond acceptors (Lipinski definition) is 3. The van der Waals surface area contributed by atoms with Crippen LogP contribution in [-0.4, -0.2) is 22.9 Å². The number of carbonyl (C=O) groups is 1. The molecular formula is C14H11ClFN3O2. The van der Waals surface area contributed by atoms with Crippen LogP contribution in [0.1, 0.15) is 21.7 Å². The summed E-state index contributed by atoms with van der Waals surface area (Å²) in [6.45, 7) is 0. The van der Waals surface area contributed by atoms with Crippen LogP contribution in [0.15, 0.2) is 29.2 Å². The minimum atomic E-state index is -0.550. The van der Waals surface area contributed by atoms with Gasteiger partial charge in [-0.1, -0.05) is 23.7 Å². The third kappa shape index (κ3) is 3.55. The Morgan fingerprint density at radius 2 is 2.19 bits per heavy atom. The maximum absolute atomic E-state index is 13.3.